The summed E-state index contributed by atoms with van der Waals surface area (Å²) in [6.07, 6.45) is 1.35. The van der Waals surface area contributed by atoms with E-state index in [1.807, 2.05) is 6.07 Å². The second-order valence-electron chi connectivity index (χ2n) is 2.76. The van der Waals surface area contributed by atoms with Crippen LogP contribution in [0, 0.1) is 16.7 Å². The smallest absolute Gasteiger partial charge is 0.268 e. The van der Waals surface area contributed by atoms with Crippen molar-refractivity contribution in [3.05, 3.63) is 0 Å². The van der Waals surface area contributed by atoms with E-state index in [1.54, 1.807) is 0 Å². The summed E-state index contributed by atoms with van der Waals surface area (Å²) in [5, 5.41) is 8.55. The van der Waals surface area contributed by atoms with Crippen LogP contribution in [0.25, 0.3) is 0 Å². The molecule has 0 aromatic rings. The van der Waals surface area contributed by atoms with E-state index in [2.05, 4.69) is 4.18 Å². The molecule has 62 valence electrons. The van der Waals surface area contributed by atoms with Gasteiger partial charge in [0.25, 0.3) is 10.1 Å². The highest BCUT2D eigenvalue weighted by molar-refractivity contribution is 7.86. The summed E-state index contributed by atoms with van der Waals surface area (Å²) >= 11 is 0. The summed E-state index contributed by atoms with van der Waals surface area (Å²) in [5.41, 5.74) is -0.630. The predicted molar refractivity (Wildman–Crippen MR) is 38.1 cm³/mol. The molecule has 1 fully saturated rings. The average Bonchev–Trinajstić information content (AvgIpc) is 2.69. The molecular weight excluding hydrogens is 166 g/mol. The van der Waals surface area contributed by atoms with Crippen molar-refractivity contribution in [1.29, 1.82) is 5.26 Å². The van der Waals surface area contributed by atoms with Gasteiger partial charge in [0.2, 0.25) is 0 Å². The normalized spacial score (nSPS) is 20.7. The Bertz CT molecular complexity index is 283. The van der Waals surface area contributed by atoms with Crippen molar-refractivity contribution < 1.29 is 12.6 Å². The first kappa shape index (κ1) is 8.50. The van der Waals surface area contributed by atoms with E-state index in [0.29, 0.717) is 12.8 Å². The molecule has 0 spiro atoms. The van der Waals surface area contributed by atoms with E-state index in [4.69, 9.17) is 5.26 Å². The molecule has 0 saturated heterocycles. The molecule has 1 rings (SSSR count). The van der Waals surface area contributed by atoms with Crippen LogP contribution in [0.3, 0.4) is 0 Å². The minimum absolute atomic E-state index is 0.160. The third kappa shape index (κ3) is 1.91. The van der Waals surface area contributed by atoms with Gasteiger partial charge in [0.15, 0.2) is 0 Å². The highest BCUT2D eigenvalue weighted by Gasteiger charge is 2.47. The first-order chi connectivity index (χ1) is 5.04. The molecule has 11 heavy (non-hydrogen) atoms. The Hall–Kier alpha value is -0.600. The summed E-state index contributed by atoms with van der Waals surface area (Å²) in [5.74, 6) is -0.160. The van der Waals surface area contributed by atoms with E-state index in [1.165, 1.54) is 0 Å². The number of nitrogens with zero attached hydrogens (tertiary/aromatic N) is 1. The van der Waals surface area contributed by atoms with Gasteiger partial charge in [0, 0.05) is 0 Å². The number of hydrogen-bond acceptors (Lipinski definition) is 4. The fourth-order valence-electron chi connectivity index (χ4n) is 0.837. The fraction of sp³-hybridized carbons (Fsp3) is 0.833. The summed E-state index contributed by atoms with van der Waals surface area (Å²) in [4.78, 5) is 0. The molecule has 0 N–H and O–H groups in total. The lowest BCUT2D eigenvalue weighted by Crippen LogP contribution is -2.16. The second kappa shape index (κ2) is 2.47. The maximum Gasteiger partial charge on any atom is 0.268 e. The third-order valence-electron chi connectivity index (χ3n) is 1.80. The van der Waals surface area contributed by atoms with Gasteiger partial charge < -0.3 is 0 Å². The van der Waals surface area contributed by atoms with Crippen LogP contribution in [0.15, 0.2) is 0 Å². The molecule has 1 aliphatic rings. The van der Waals surface area contributed by atoms with Crippen LogP contribution in [0.4, 0.5) is 0 Å². The molecule has 0 aromatic heterocycles. The molecule has 0 amide bonds. The molecule has 0 aliphatic heterocycles. The Morgan fingerprint density at radius 1 is 1.64 bits per heavy atom. The van der Waals surface area contributed by atoms with Crippen LogP contribution < -0.4 is 0 Å². The van der Waals surface area contributed by atoms with Crippen molar-refractivity contribution in [2.75, 3.05) is 12.9 Å². The molecular formula is C6H9NO3S. The lowest BCUT2D eigenvalue weighted by Gasteiger charge is -2.03. The van der Waals surface area contributed by atoms with Crippen LogP contribution in [-0.2, 0) is 14.3 Å². The summed E-state index contributed by atoms with van der Waals surface area (Å²) in [7, 11) is -2.34. The standard InChI is InChI=1S/C6H9NO3S/c1-10-11(8,9)5-6(4-7)2-3-6/h2-3,5H2,1H3. The van der Waals surface area contributed by atoms with Gasteiger partial charge in [-0.2, -0.15) is 13.7 Å². The van der Waals surface area contributed by atoms with Crippen LogP contribution in [0.2, 0.25) is 0 Å². The van der Waals surface area contributed by atoms with Crippen molar-refractivity contribution >= 4 is 10.1 Å². The van der Waals surface area contributed by atoms with Gasteiger partial charge in [0.1, 0.15) is 0 Å². The quantitative estimate of drug-likeness (QED) is 0.577. The molecule has 0 unspecified atom stereocenters. The zero-order chi connectivity index (χ0) is 8.54. The minimum atomic E-state index is -3.45. The van der Waals surface area contributed by atoms with Gasteiger partial charge >= 0.3 is 0 Å². The van der Waals surface area contributed by atoms with E-state index in [0.717, 1.165) is 7.11 Å². The lowest BCUT2D eigenvalue weighted by atomic mass is 10.2. The Labute approximate surface area is 65.9 Å². The lowest BCUT2D eigenvalue weighted by molar-refractivity contribution is 0.392. The fourth-order valence-corrected chi connectivity index (χ4v) is 1.98. The van der Waals surface area contributed by atoms with Gasteiger partial charge in [-0.25, -0.2) is 0 Å². The maximum atomic E-state index is 10.8. The molecule has 0 heterocycles. The number of rotatable bonds is 3. The second-order valence-corrected chi connectivity index (χ2v) is 4.50. The summed E-state index contributed by atoms with van der Waals surface area (Å²) < 4.78 is 25.9. The Balaban J connectivity index is 2.64. The zero-order valence-corrected chi connectivity index (χ0v) is 7.02. The van der Waals surface area contributed by atoms with Gasteiger partial charge in [-0.3, -0.25) is 4.18 Å². The SMILES string of the molecule is COS(=O)(=O)CC1(C#N)CC1. The van der Waals surface area contributed by atoms with Crippen molar-refractivity contribution in [3.63, 3.8) is 0 Å². The molecule has 0 radical (unpaired) electrons. The van der Waals surface area contributed by atoms with Crippen molar-refractivity contribution in [1.82, 2.24) is 0 Å². The largest absolute Gasteiger partial charge is 0.273 e. The van der Waals surface area contributed by atoms with Crippen molar-refractivity contribution in [3.8, 4) is 6.07 Å². The van der Waals surface area contributed by atoms with E-state index < -0.39 is 15.5 Å². The molecule has 1 aliphatic carbocycles. The molecule has 1 saturated carbocycles. The van der Waals surface area contributed by atoms with E-state index in [9.17, 15) is 8.42 Å². The highest BCUT2D eigenvalue weighted by Crippen LogP contribution is 2.45. The van der Waals surface area contributed by atoms with Gasteiger partial charge in [-0.15, -0.1) is 0 Å². The average molecular weight is 175 g/mol. The first-order valence-corrected chi connectivity index (χ1v) is 4.81. The first-order valence-electron chi connectivity index (χ1n) is 3.23. The summed E-state index contributed by atoms with van der Waals surface area (Å²) in [6.45, 7) is 0. The van der Waals surface area contributed by atoms with Gasteiger partial charge in [-0.1, -0.05) is 0 Å². The van der Waals surface area contributed by atoms with Gasteiger partial charge in [-0.05, 0) is 12.8 Å². The Kier molecular flexibility index (Phi) is 1.90. The Morgan fingerprint density at radius 3 is 2.45 bits per heavy atom. The summed E-state index contributed by atoms with van der Waals surface area (Å²) in [6, 6.07) is 1.98. The highest BCUT2D eigenvalue weighted by atomic mass is 32.2. The third-order valence-corrected chi connectivity index (χ3v) is 3.21. The van der Waals surface area contributed by atoms with Crippen LogP contribution in [-0.4, -0.2) is 21.3 Å². The monoisotopic (exact) mass is 175 g/mol. The Morgan fingerprint density at radius 2 is 2.18 bits per heavy atom. The van der Waals surface area contributed by atoms with Gasteiger partial charge in [0.05, 0.1) is 24.3 Å². The van der Waals surface area contributed by atoms with E-state index in [-0.39, 0.29) is 5.75 Å². The molecule has 0 aromatic carbocycles. The molecule has 0 atom stereocenters. The van der Waals surface area contributed by atoms with Crippen LogP contribution in [0.5, 0.6) is 0 Å². The number of nitriles is 1. The zero-order valence-electron chi connectivity index (χ0n) is 6.20. The topological polar surface area (TPSA) is 67.2 Å². The van der Waals surface area contributed by atoms with Crippen LogP contribution >= 0.6 is 0 Å². The predicted octanol–water partition coefficient (Wildman–Crippen LogP) is 0.266. The van der Waals surface area contributed by atoms with E-state index >= 15 is 0 Å². The van der Waals surface area contributed by atoms with Crippen LogP contribution in [0.1, 0.15) is 12.8 Å². The number of hydrogen-bond donors (Lipinski definition) is 0. The molecule has 4 nitrogen and oxygen atoms in total. The molecule has 0 bridgehead atoms. The van der Waals surface area contributed by atoms with Crippen molar-refractivity contribution in [2.45, 2.75) is 12.8 Å². The minimum Gasteiger partial charge on any atom is -0.273 e. The molecule has 5 heteroatoms. The van der Waals surface area contributed by atoms with Crippen molar-refractivity contribution in [2.24, 2.45) is 5.41 Å². The maximum absolute atomic E-state index is 10.8.